The number of nitro benzene ring substituents is 2. The molecule has 0 saturated carbocycles. The van der Waals surface area contributed by atoms with Gasteiger partial charge in [0.1, 0.15) is 22.7 Å². The standard InChI is InChI=1S/C22H12N2O6/c25-23(26)17-5-1-13(2-6-17)19-9-15-11-22-16(12-21(15)29-19)10-20(30-22)14-3-7-18(8-4-14)24(27)28/h1-12H. The van der Waals surface area contributed by atoms with Gasteiger partial charge in [-0.15, -0.1) is 0 Å². The third-order valence-corrected chi connectivity index (χ3v) is 4.88. The molecule has 0 radical (unpaired) electrons. The third-order valence-electron chi connectivity index (χ3n) is 4.88. The maximum absolute atomic E-state index is 10.8. The first kappa shape index (κ1) is 17.6. The Kier molecular flexibility index (Phi) is 3.85. The van der Waals surface area contributed by atoms with Gasteiger partial charge >= 0.3 is 0 Å². The van der Waals surface area contributed by atoms with Crippen LogP contribution in [0.1, 0.15) is 0 Å². The number of nitro groups is 2. The summed E-state index contributed by atoms with van der Waals surface area (Å²) in [5, 5.41) is 23.3. The molecule has 0 unspecified atom stereocenters. The molecule has 0 aliphatic carbocycles. The molecule has 30 heavy (non-hydrogen) atoms. The minimum Gasteiger partial charge on any atom is -0.456 e. The van der Waals surface area contributed by atoms with Crippen molar-refractivity contribution < 1.29 is 18.7 Å². The number of hydrogen-bond acceptors (Lipinski definition) is 6. The Labute approximate surface area is 168 Å². The maximum atomic E-state index is 10.8. The van der Waals surface area contributed by atoms with Crippen LogP contribution in [0.4, 0.5) is 11.4 Å². The number of benzene rings is 3. The van der Waals surface area contributed by atoms with Crippen molar-refractivity contribution in [2.24, 2.45) is 0 Å². The summed E-state index contributed by atoms with van der Waals surface area (Å²) in [6, 6.07) is 19.7. The summed E-state index contributed by atoms with van der Waals surface area (Å²) in [7, 11) is 0. The first-order valence-electron chi connectivity index (χ1n) is 8.95. The Morgan fingerprint density at radius 3 is 1.27 bits per heavy atom. The third kappa shape index (κ3) is 2.96. The first-order valence-corrected chi connectivity index (χ1v) is 8.95. The van der Waals surface area contributed by atoms with Gasteiger partial charge in [-0.05, 0) is 48.5 Å². The molecular weight excluding hydrogens is 388 g/mol. The van der Waals surface area contributed by atoms with Crippen LogP contribution in [0, 0.1) is 20.2 Å². The van der Waals surface area contributed by atoms with E-state index >= 15 is 0 Å². The van der Waals surface area contributed by atoms with Gasteiger partial charge in [0, 0.05) is 46.2 Å². The zero-order chi connectivity index (χ0) is 20.8. The highest BCUT2D eigenvalue weighted by atomic mass is 16.6. The molecule has 0 fully saturated rings. The Morgan fingerprint density at radius 1 is 0.567 bits per heavy atom. The number of fused-ring (bicyclic) bond motifs is 2. The smallest absolute Gasteiger partial charge is 0.269 e. The van der Waals surface area contributed by atoms with E-state index in [9.17, 15) is 20.2 Å². The van der Waals surface area contributed by atoms with Crippen LogP contribution in [0.3, 0.4) is 0 Å². The molecule has 0 spiro atoms. The average Bonchev–Trinajstić information content (AvgIpc) is 3.35. The van der Waals surface area contributed by atoms with Crippen LogP contribution in [-0.4, -0.2) is 9.85 Å². The molecule has 0 aliphatic rings. The van der Waals surface area contributed by atoms with Gasteiger partial charge < -0.3 is 8.83 Å². The summed E-state index contributed by atoms with van der Waals surface area (Å²) in [5.41, 5.74) is 2.83. The van der Waals surface area contributed by atoms with Crippen LogP contribution in [-0.2, 0) is 0 Å². The van der Waals surface area contributed by atoms with Crippen LogP contribution in [0.5, 0.6) is 0 Å². The van der Waals surface area contributed by atoms with E-state index in [4.69, 9.17) is 8.83 Å². The number of hydrogen-bond donors (Lipinski definition) is 0. The molecule has 2 aromatic heterocycles. The van der Waals surface area contributed by atoms with Crippen LogP contribution >= 0.6 is 0 Å². The zero-order valence-electron chi connectivity index (χ0n) is 15.3. The van der Waals surface area contributed by atoms with Gasteiger partial charge in [-0.1, -0.05) is 0 Å². The molecule has 0 amide bonds. The van der Waals surface area contributed by atoms with Gasteiger partial charge in [0.15, 0.2) is 0 Å². The second-order valence-corrected chi connectivity index (χ2v) is 6.76. The lowest BCUT2D eigenvalue weighted by Gasteiger charge is -1.95. The fourth-order valence-corrected chi connectivity index (χ4v) is 3.35. The number of furan rings is 2. The van der Waals surface area contributed by atoms with Crippen molar-refractivity contribution in [3.05, 3.63) is 93.0 Å². The lowest BCUT2D eigenvalue weighted by molar-refractivity contribution is -0.385. The number of nitrogens with zero attached hydrogens (tertiary/aromatic N) is 2. The number of rotatable bonds is 4. The summed E-state index contributed by atoms with van der Waals surface area (Å²) in [5.74, 6) is 1.20. The molecule has 0 bridgehead atoms. The lowest BCUT2D eigenvalue weighted by Crippen LogP contribution is -1.86. The molecule has 0 atom stereocenters. The highest BCUT2D eigenvalue weighted by Crippen LogP contribution is 2.35. The van der Waals surface area contributed by atoms with Crippen LogP contribution < -0.4 is 0 Å². The van der Waals surface area contributed by atoms with Gasteiger partial charge in [0.05, 0.1) is 9.85 Å². The molecule has 8 heteroatoms. The van der Waals surface area contributed by atoms with E-state index in [2.05, 4.69) is 0 Å². The monoisotopic (exact) mass is 400 g/mol. The maximum Gasteiger partial charge on any atom is 0.269 e. The van der Waals surface area contributed by atoms with Crippen molar-refractivity contribution in [1.82, 2.24) is 0 Å². The lowest BCUT2D eigenvalue weighted by atomic mass is 10.1. The molecule has 0 saturated heterocycles. The summed E-state index contributed by atoms with van der Waals surface area (Å²) in [6.45, 7) is 0. The summed E-state index contributed by atoms with van der Waals surface area (Å²) < 4.78 is 11.9. The SMILES string of the molecule is O=[N+]([O-])c1ccc(-c2cc3cc4oc(-c5ccc([N+](=O)[O-])cc5)cc4cc3o2)cc1. The van der Waals surface area contributed by atoms with Crippen molar-refractivity contribution in [3.8, 4) is 22.6 Å². The summed E-state index contributed by atoms with van der Waals surface area (Å²) >= 11 is 0. The van der Waals surface area contributed by atoms with Crippen molar-refractivity contribution in [3.63, 3.8) is 0 Å². The van der Waals surface area contributed by atoms with E-state index in [1.807, 2.05) is 24.3 Å². The predicted molar refractivity (Wildman–Crippen MR) is 110 cm³/mol. The summed E-state index contributed by atoms with van der Waals surface area (Å²) in [6.07, 6.45) is 0. The fourth-order valence-electron chi connectivity index (χ4n) is 3.35. The molecule has 0 N–H and O–H groups in total. The van der Waals surface area contributed by atoms with Gasteiger partial charge in [-0.25, -0.2) is 0 Å². The zero-order valence-corrected chi connectivity index (χ0v) is 15.3. The second kappa shape index (κ2) is 6.56. The second-order valence-electron chi connectivity index (χ2n) is 6.76. The van der Waals surface area contributed by atoms with Crippen molar-refractivity contribution >= 4 is 33.3 Å². The van der Waals surface area contributed by atoms with Crippen molar-refractivity contribution in [1.29, 1.82) is 0 Å². The number of non-ortho nitro benzene ring substituents is 2. The topological polar surface area (TPSA) is 113 Å². The molecule has 0 aliphatic heterocycles. The Hall–Kier alpha value is -4.46. The molecule has 5 rings (SSSR count). The fraction of sp³-hybridized carbons (Fsp3) is 0. The van der Waals surface area contributed by atoms with E-state index in [0.29, 0.717) is 22.7 Å². The minimum absolute atomic E-state index is 0.0196. The molecular formula is C22H12N2O6. The average molecular weight is 400 g/mol. The van der Waals surface area contributed by atoms with Gasteiger partial charge in [0.2, 0.25) is 0 Å². The molecule has 8 nitrogen and oxygen atoms in total. The van der Waals surface area contributed by atoms with Gasteiger partial charge in [-0.3, -0.25) is 20.2 Å². The molecule has 2 heterocycles. The Bertz CT molecular complexity index is 1270. The summed E-state index contributed by atoms with van der Waals surface area (Å²) in [4.78, 5) is 20.7. The van der Waals surface area contributed by atoms with Crippen LogP contribution in [0.15, 0.2) is 81.6 Å². The Morgan fingerprint density at radius 2 is 0.933 bits per heavy atom. The van der Waals surface area contributed by atoms with Crippen molar-refractivity contribution in [2.75, 3.05) is 0 Å². The highest BCUT2D eigenvalue weighted by molar-refractivity contribution is 5.96. The van der Waals surface area contributed by atoms with Crippen LogP contribution in [0.2, 0.25) is 0 Å². The predicted octanol–water partition coefficient (Wildman–Crippen LogP) is 6.33. The van der Waals surface area contributed by atoms with E-state index in [-0.39, 0.29) is 11.4 Å². The first-order chi connectivity index (χ1) is 14.5. The molecule has 5 aromatic rings. The molecule has 3 aromatic carbocycles. The van der Waals surface area contributed by atoms with Gasteiger partial charge in [-0.2, -0.15) is 0 Å². The normalized spacial score (nSPS) is 11.2. The van der Waals surface area contributed by atoms with E-state index in [1.54, 1.807) is 24.3 Å². The van der Waals surface area contributed by atoms with E-state index in [1.165, 1.54) is 24.3 Å². The van der Waals surface area contributed by atoms with Gasteiger partial charge in [0.25, 0.3) is 11.4 Å². The van der Waals surface area contributed by atoms with E-state index in [0.717, 1.165) is 21.9 Å². The largest absolute Gasteiger partial charge is 0.456 e. The molecule has 146 valence electrons. The quantitative estimate of drug-likeness (QED) is 0.257. The minimum atomic E-state index is -0.445. The Balaban J connectivity index is 1.51. The van der Waals surface area contributed by atoms with E-state index < -0.39 is 9.85 Å². The highest BCUT2D eigenvalue weighted by Gasteiger charge is 2.14. The van der Waals surface area contributed by atoms with Crippen molar-refractivity contribution in [2.45, 2.75) is 0 Å². The van der Waals surface area contributed by atoms with Crippen LogP contribution in [0.25, 0.3) is 44.6 Å².